The molecule has 2 aromatic rings. The number of amides is 1. The first-order chi connectivity index (χ1) is 8.52. The van der Waals surface area contributed by atoms with E-state index in [4.69, 9.17) is 0 Å². The van der Waals surface area contributed by atoms with Crippen molar-refractivity contribution in [2.24, 2.45) is 7.05 Å². The predicted molar refractivity (Wildman–Crippen MR) is 71.5 cm³/mol. The summed E-state index contributed by atoms with van der Waals surface area (Å²) in [7, 11) is 1.77. The van der Waals surface area contributed by atoms with Gasteiger partial charge in [0, 0.05) is 19.8 Å². The second kappa shape index (κ2) is 4.93. The normalized spacial score (nSPS) is 10.7. The van der Waals surface area contributed by atoms with Crippen LogP contribution in [-0.2, 0) is 13.6 Å². The smallest absolute Gasteiger partial charge is 0.277 e. The summed E-state index contributed by atoms with van der Waals surface area (Å²) in [5.41, 5.74) is 2.00. The number of rotatable bonds is 3. The highest BCUT2D eigenvalue weighted by atomic mass is 79.9. The Labute approximate surface area is 113 Å². The van der Waals surface area contributed by atoms with Crippen LogP contribution < -0.4 is 5.32 Å². The Morgan fingerprint density at radius 1 is 1.56 bits per heavy atom. The molecule has 18 heavy (non-hydrogen) atoms. The van der Waals surface area contributed by atoms with Gasteiger partial charge in [0.1, 0.15) is 0 Å². The number of hydrogen-bond acceptors (Lipinski definition) is 3. The Morgan fingerprint density at radius 2 is 2.28 bits per heavy atom. The first-order valence-electron chi connectivity index (χ1n) is 5.55. The van der Waals surface area contributed by atoms with Gasteiger partial charge in [0.25, 0.3) is 5.91 Å². The van der Waals surface area contributed by atoms with Gasteiger partial charge in [-0.1, -0.05) is 0 Å². The number of carbonyl (C=O) groups excluding carboxylic acids is 1. The van der Waals surface area contributed by atoms with Gasteiger partial charge >= 0.3 is 0 Å². The molecule has 0 aromatic carbocycles. The summed E-state index contributed by atoms with van der Waals surface area (Å²) in [4.78, 5) is 12.0. The predicted octanol–water partition coefficient (Wildman–Crippen LogP) is 1.96. The van der Waals surface area contributed by atoms with Crippen molar-refractivity contribution < 1.29 is 4.79 Å². The molecule has 0 atom stereocenters. The number of aryl methyl sites for hydroxylation is 2. The van der Waals surface area contributed by atoms with E-state index in [1.165, 1.54) is 0 Å². The van der Waals surface area contributed by atoms with E-state index < -0.39 is 0 Å². The van der Waals surface area contributed by atoms with Crippen LogP contribution in [0.15, 0.2) is 16.9 Å². The van der Waals surface area contributed by atoms with Crippen LogP contribution >= 0.6 is 15.9 Å². The maximum absolute atomic E-state index is 12.0. The van der Waals surface area contributed by atoms with Crippen LogP contribution in [0.3, 0.4) is 0 Å². The maximum atomic E-state index is 12.0. The van der Waals surface area contributed by atoms with Crippen molar-refractivity contribution in [1.29, 1.82) is 0 Å². The van der Waals surface area contributed by atoms with Crippen molar-refractivity contribution in [3.8, 4) is 0 Å². The fourth-order valence-corrected chi connectivity index (χ4v) is 2.24. The molecule has 0 bridgehead atoms. The molecule has 96 valence electrons. The first-order valence-corrected chi connectivity index (χ1v) is 6.35. The van der Waals surface area contributed by atoms with Crippen LogP contribution in [-0.4, -0.2) is 25.5 Å². The highest BCUT2D eigenvalue weighted by molar-refractivity contribution is 9.10. The average molecular weight is 312 g/mol. The van der Waals surface area contributed by atoms with Crippen LogP contribution in [0, 0.1) is 6.92 Å². The number of halogens is 1. The molecule has 0 aliphatic carbocycles. The van der Waals surface area contributed by atoms with E-state index in [0.29, 0.717) is 15.9 Å². The Bertz CT molecular complexity index is 586. The maximum Gasteiger partial charge on any atom is 0.277 e. The number of aromatic nitrogens is 4. The molecule has 2 aromatic heterocycles. The summed E-state index contributed by atoms with van der Waals surface area (Å²) in [5.74, 6) is -0.249. The quantitative estimate of drug-likeness (QED) is 0.942. The molecule has 0 aliphatic heterocycles. The van der Waals surface area contributed by atoms with Gasteiger partial charge in [-0.2, -0.15) is 10.2 Å². The molecule has 1 amide bonds. The topological polar surface area (TPSA) is 64.7 Å². The van der Waals surface area contributed by atoms with Gasteiger partial charge in [0.05, 0.1) is 22.1 Å². The molecule has 0 spiro atoms. The molecule has 1 N–H and O–H groups in total. The fraction of sp³-hybridized carbons (Fsp3) is 0.364. The van der Waals surface area contributed by atoms with E-state index >= 15 is 0 Å². The monoisotopic (exact) mass is 311 g/mol. The Kier molecular flexibility index (Phi) is 3.51. The first kappa shape index (κ1) is 12.8. The molecule has 0 unspecified atom stereocenters. The zero-order chi connectivity index (χ0) is 13.3. The lowest BCUT2D eigenvalue weighted by molar-refractivity contribution is 0.102. The minimum Gasteiger partial charge on any atom is -0.318 e. The molecule has 0 saturated carbocycles. The molecule has 2 rings (SSSR count). The van der Waals surface area contributed by atoms with Crippen molar-refractivity contribution in [2.75, 3.05) is 5.32 Å². The SMILES string of the molecule is CCn1ncc(NC(=O)c2nn(C)cc2Br)c1C. The molecule has 0 aliphatic rings. The third-order valence-corrected chi connectivity index (χ3v) is 3.23. The van der Waals surface area contributed by atoms with Crippen molar-refractivity contribution in [3.63, 3.8) is 0 Å². The van der Waals surface area contributed by atoms with E-state index in [9.17, 15) is 4.79 Å². The molecule has 7 heteroatoms. The summed E-state index contributed by atoms with van der Waals surface area (Å²) in [5, 5.41) is 11.1. The lowest BCUT2D eigenvalue weighted by atomic mass is 10.3. The number of nitrogens with one attached hydrogen (secondary N) is 1. The van der Waals surface area contributed by atoms with E-state index in [1.807, 2.05) is 18.5 Å². The zero-order valence-corrected chi connectivity index (χ0v) is 12.0. The van der Waals surface area contributed by atoms with Gasteiger partial charge in [-0.25, -0.2) is 0 Å². The van der Waals surface area contributed by atoms with Crippen LogP contribution in [0.5, 0.6) is 0 Å². The summed E-state index contributed by atoms with van der Waals surface area (Å²) < 4.78 is 4.08. The van der Waals surface area contributed by atoms with Gasteiger partial charge in [-0.3, -0.25) is 14.2 Å². The Morgan fingerprint density at radius 3 is 2.78 bits per heavy atom. The second-order valence-electron chi connectivity index (χ2n) is 3.91. The number of anilines is 1. The third kappa shape index (κ3) is 2.31. The van der Waals surface area contributed by atoms with Crippen molar-refractivity contribution in [3.05, 3.63) is 28.3 Å². The highest BCUT2D eigenvalue weighted by Gasteiger charge is 2.16. The Hall–Kier alpha value is -1.63. The molecule has 0 radical (unpaired) electrons. The van der Waals surface area contributed by atoms with Crippen LogP contribution in [0.2, 0.25) is 0 Å². The summed E-state index contributed by atoms with van der Waals surface area (Å²) in [6.07, 6.45) is 3.38. The van der Waals surface area contributed by atoms with Crippen molar-refractivity contribution >= 4 is 27.5 Å². The summed E-state index contributed by atoms with van der Waals surface area (Å²) >= 11 is 3.30. The van der Waals surface area contributed by atoms with Crippen molar-refractivity contribution in [2.45, 2.75) is 20.4 Å². The van der Waals surface area contributed by atoms with Gasteiger partial charge in [0.15, 0.2) is 5.69 Å². The van der Waals surface area contributed by atoms with E-state index in [1.54, 1.807) is 24.1 Å². The van der Waals surface area contributed by atoms with Crippen LogP contribution in [0.25, 0.3) is 0 Å². The van der Waals surface area contributed by atoms with E-state index in [2.05, 4.69) is 31.4 Å². The van der Waals surface area contributed by atoms with Gasteiger partial charge < -0.3 is 5.32 Å². The minimum absolute atomic E-state index is 0.249. The minimum atomic E-state index is -0.249. The summed E-state index contributed by atoms with van der Waals surface area (Å²) in [6.45, 7) is 4.69. The molecular weight excluding hydrogens is 298 g/mol. The molecule has 0 fully saturated rings. The number of carbonyl (C=O) groups is 1. The van der Waals surface area contributed by atoms with Crippen molar-refractivity contribution in [1.82, 2.24) is 19.6 Å². The Balaban J connectivity index is 2.21. The standard InChI is InChI=1S/C11H14BrN5O/c1-4-17-7(2)9(5-13-17)14-11(18)10-8(12)6-16(3)15-10/h5-6H,4H2,1-3H3,(H,14,18). The lowest BCUT2D eigenvalue weighted by Crippen LogP contribution is -2.14. The summed E-state index contributed by atoms with van der Waals surface area (Å²) in [6, 6.07) is 0. The number of nitrogens with zero attached hydrogens (tertiary/aromatic N) is 4. The lowest BCUT2D eigenvalue weighted by Gasteiger charge is -2.03. The molecule has 0 saturated heterocycles. The van der Waals surface area contributed by atoms with Gasteiger partial charge in [-0.05, 0) is 29.8 Å². The number of hydrogen-bond donors (Lipinski definition) is 1. The van der Waals surface area contributed by atoms with E-state index in [0.717, 1.165) is 12.2 Å². The largest absolute Gasteiger partial charge is 0.318 e. The third-order valence-electron chi connectivity index (χ3n) is 2.65. The highest BCUT2D eigenvalue weighted by Crippen LogP contribution is 2.18. The zero-order valence-electron chi connectivity index (χ0n) is 10.4. The molecule has 6 nitrogen and oxygen atoms in total. The van der Waals surface area contributed by atoms with Crippen LogP contribution in [0.1, 0.15) is 23.1 Å². The average Bonchev–Trinajstić information content (AvgIpc) is 2.83. The van der Waals surface area contributed by atoms with Crippen LogP contribution in [0.4, 0.5) is 5.69 Å². The second-order valence-corrected chi connectivity index (χ2v) is 4.77. The van der Waals surface area contributed by atoms with E-state index in [-0.39, 0.29) is 5.91 Å². The molecule has 2 heterocycles. The fourth-order valence-electron chi connectivity index (χ4n) is 1.68. The van der Waals surface area contributed by atoms with Gasteiger partial charge in [-0.15, -0.1) is 0 Å². The van der Waals surface area contributed by atoms with Gasteiger partial charge in [0.2, 0.25) is 0 Å². The molecular formula is C11H14BrN5O.